The number of benzene rings is 3. The van der Waals surface area contributed by atoms with Gasteiger partial charge >= 0.3 is 6.09 Å². The average Bonchev–Trinajstić information content (AvgIpc) is 3.91. The van der Waals surface area contributed by atoms with Crippen molar-refractivity contribution in [3.63, 3.8) is 0 Å². The highest BCUT2D eigenvalue weighted by Crippen LogP contribution is 2.55. The average molecular weight is 806 g/mol. The number of H-pyrrole nitrogens is 2. The SMILES string of the molecule is COOC=N[C@@H](C(=O)N1[C@@H]2C[C@@H]2C[C@H]1c1nc2ncc(-c3ccc(-c4cnc([C@@H]5C[C@H]6C[C@H]6N5C(=O)[C@@H](NC(=O)OC)c5ccccc5)[nH]4)cc3)cc2[nH]1)c1ccccc1. The first kappa shape index (κ1) is 37.4. The predicted octanol–water partition coefficient (Wildman–Crippen LogP) is 6.78. The molecule has 3 aromatic heterocycles. The highest BCUT2D eigenvalue weighted by atomic mass is 17.2. The molecule has 2 aliphatic carbocycles. The van der Waals surface area contributed by atoms with Crippen LogP contribution in [0.2, 0.25) is 0 Å². The molecule has 3 N–H and O–H groups in total. The summed E-state index contributed by atoms with van der Waals surface area (Å²) in [5.74, 6) is 1.95. The van der Waals surface area contributed by atoms with Crippen LogP contribution in [0.4, 0.5) is 4.79 Å². The molecule has 304 valence electrons. The summed E-state index contributed by atoms with van der Waals surface area (Å²) in [7, 11) is 2.68. The highest BCUT2D eigenvalue weighted by Gasteiger charge is 2.57. The minimum atomic E-state index is -0.878. The van der Waals surface area contributed by atoms with Crippen LogP contribution in [0.25, 0.3) is 33.5 Å². The lowest BCUT2D eigenvalue weighted by Gasteiger charge is -2.30. The first-order chi connectivity index (χ1) is 29.4. The van der Waals surface area contributed by atoms with E-state index in [1.165, 1.54) is 20.6 Å². The smallest absolute Gasteiger partial charge is 0.407 e. The molecule has 10 rings (SSSR count). The van der Waals surface area contributed by atoms with Gasteiger partial charge in [-0.15, -0.1) is 0 Å². The molecule has 2 saturated heterocycles. The highest BCUT2D eigenvalue weighted by molar-refractivity contribution is 5.88. The van der Waals surface area contributed by atoms with Gasteiger partial charge in [0.2, 0.25) is 6.40 Å². The number of fused-ring (bicyclic) bond motifs is 3. The number of aromatic nitrogens is 5. The Labute approximate surface area is 345 Å². The predicted molar refractivity (Wildman–Crippen MR) is 220 cm³/mol. The number of nitrogens with zero attached hydrogens (tertiary/aromatic N) is 6. The van der Waals surface area contributed by atoms with Gasteiger partial charge in [-0.2, -0.15) is 4.89 Å². The van der Waals surface area contributed by atoms with Crippen LogP contribution in [0.3, 0.4) is 0 Å². The van der Waals surface area contributed by atoms with Crippen molar-refractivity contribution in [3.05, 3.63) is 126 Å². The molecule has 0 bridgehead atoms. The molecule has 4 aliphatic rings. The van der Waals surface area contributed by atoms with Gasteiger partial charge in [0, 0.05) is 23.8 Å². The lowest BCUT2D eigenvalue weighted by Crippen LogP contribution is -2.44. The number of alkyl carbamates (subject to hydrolysis) is 1. The topological polar surface area (TPSA) is 180 Å². The minimum absolute atomic E-state index is 0.108. The van der Waals surface area contributed by atoms with Crippen LogP contribution in [0.5, 0.6) is 0 Å². The van der Waals surface area contributed by atoms with Crippen molar-refractivity contribution in [3.8, 4) is 22.4 Å². The Morgan fingerprint density at radius 3 is 2.08 bits per heavy atom. The van der Waals surface area contributed by atoms with Crippen molar-refractivity contribution in [1.82, 2.24) is 40.0 Å². The van der Waals surface area contributed by atoms with Gasteiger partial charge in [-0.25, -0.2) is 24.7 Å². The first-order valence-electron chi connectivity index (χ1n) is 20.2. The molecule has 6 aromatic rings. The molecule has 15 heteroatoms. The lowest BCUT2D eigenvalue weighted by atomic mass is 10.0. The zero-order valence-corrected chi connectivity index (χ0v) is 33.0. The Kier molecular flexibility index (Phi) is 9.59. The van der Waals surface area contributed by atoms with Crippen LogP contribution in [-0.2, 0) is 24.1 Å². The van der Waals surface area contributed by atoms with Crippen molar-refractivity contribution in [2.75, 3.05) is 14.2 Å². The molecule has 3 aromatic carbocycles. The van der Waals surface area contributed by atoms with E-state index in [2.05, 4.69) is 20.3 Å². The number of hydrogen-bond donors (Lipinski definition) is 3. The molecule has 4 fully saturated rings. The molecule has 0 radical (unpaired) electrons. The molecule has 0 spiro atoms. The Bertz CT molecular complexity index is 2580. The number of amides is 3. The van der Waals surface area contributed by atoms with E-state index >= 15 is 0 Å². The number of nitrogens with one attached hydrogen (secondary N) is 3. The zero-order chi connectivity index (χ0) is 40.9. The molecule has 0 unspecified atom stereocenters. The summed E-state index contributed by atoms with van der Waals surface area (Å²) in [6.45, 7) is 0. The maximum absolute atomic E-state index is 14.2. The number of carbonyl (C=O) groups is 3. The Morgan fingerprint density at radius 2 is 1.40 bits per heavy atom. The van der Waals surface area contributed by atoms with Gasteiger partial charge in [0.05, 0.1) is 43.7 Å². The number of pyridine rings is 1. The normalized spacial score (nSPS) is 23.6. The van der Waals surface area contributed by atoms with E-state index in [0.29, 0.717) is 34.7 Å². The molecular weight excluding hydrogens is 763 g/mol. The number of hydrogen-bond acceptors (Lipinski definition) is 10. The molecule has 2 saturated carbocycles. The largest absolute Gasteiger partial charge is 0.453 e. The summed E-state index contributed by atoms with van der Waals surface area (Å²) >= 11 is 0. The van der Waals surface area contributed by atoms with Crippen LogP contribution in [0, 0.1) is 11.8 Å². The molecular formula is C45H43N9O6. The van der Waals surface area contributed by atoms with Gasteiger partial charge in [-0.3, -0.25) is 9.59 Å². The van der Waals surface area contributed by atoms with Gasteiger partial charge in [-0.05, 0) is 65.8 Å². The minimum Gasteiger partial charge on any atom is -0.453 e. The number of rotatable bonds is 12. The molecule has 5 heterocycles. The third-order valence-electron chi connectivity index (χ3n) is 12.4. The number of likely N-dealkylation sites (tertiary alicyclic amines) is 2. The summed E-state index contributed by atoms with van der Waals surface area (Å²) in [5.41, 5.74) is 6.51. The molecule has 2 aliphatic heterocycles. The number of ether oxygens (including phenoxy) is 1. The van der Waals surface area contributed by atoms with Gasteiger partial charge < -0.3 is 34.7 Å². The van der Waals surface area contributed by atoms with Crippen molar-refractivity contribution in [2.45, 2.75) is 61.9 Å². The van der Waals surface area contributed by atoms with Gasteiger partial charge in [0.1, 0.15) is 17.7 Å². The third kappa shape index (κ3) is 6.93. The number of carbonyl (C=O) groups excluding carboxylic acids is 3. The summed E-state index contributed by atoms with van der Waals surface area (Å²) in [6.07, 6.45) is 7.65. The molecule has 8 atom stereocenters. The second-order valence-electron chi connectivity index (χ2n) is 15.9. The van der Waals surface area contributed by atoms with Crippen LogP contribution >= 0.6 is 0 Å². The monoisotopic (exact) mass is 805 g/mol. The van der Waals surface area contributed by atoms with E-state index in [-0.39, 0.29) is 36.0 Å². The van der Waals surface area contributed by atoms with Crippen LogP contribution < -0.4 is 5.32 Å². The number of piperidine rings is 2. The summed E-state index contributed by atoms with van der Waals surface area (Å²) < 4.78 is 4.87. The number of aromatic amines is 2. The molecule has 15 nitrogen and oxygen atoms in total. The quantitative estimate of drug-likeness (QED) is 0.0520. The fourth-order valence-electron chi connectivity index (χ4n) is 9.22. The number of methoxy groups -OCH3 is 1. The van der Waals surface area contributed by atoms with Crippen LogP contribution in [0.1, 0.15) is 72.6 Å². The fourth-order valence-corrected chi connectivity index (χ4v) is 9.22. The third-order valence-corrected chi connectivity index (χ3v) is 12.4. The standard InChI is InChI=1S/C45H43N9O6/c1-58-45(57)51-39(28-11-7-4-8-12-28)44(56)53-34-18-29(34)20-36(53)41-47-23-33(50-41)26-15-13-25(14-16-26)31-17-32-40(46-22-31)52-42(49-32)37-21-30-19-35(30)54(37)43(55)38(48-24-60-59-2)27-9-5-3-6-10-27/h3-17,22-24,29-30,34-39H,18-21H2,1-2H3,(H,47,50)(H,51,57)(H,46,49,52)/t29-,30-,34-,35-,36+,37+,38-,39+/m1/s1. The molecule has 60 heavy (non-hydrogen) atoms. The van der Waals surface area contributed by atoms with Crippen molar-refractivity contribution < 1.29 is 28.9 Å². The van der Waals surface area contributed by atoms with E-state index in [0.717, 1.165) is 59.1 Å². The summed E-state index contributed by atoms with van der Waals surface area (Å²) in [5, 5.41) is 2.75. The van der Waals surface area contributed by atoms with Crippen LogP contribution in [0.15, 0.2) is 108 Å². The Morgan fingerprint density at radius 1 is 0.750 bits per heavy atom. The summed E-state index contributed by atoms with van der Waals surface area (Å²) in [4.78, 5) is 79.9. The maximum Gasteiger partial charge on any atom is 0.407 e. The summed E-state index contributed by atoms with van der Waals surface area (Å²) in [6, 6.07) is 27.0. The number of aliphatic imine (C=N–C) groups is 1. The maximum atomic E-state index is 14.2. The van der Waals surface area contributed by atoms with Gasteiger partial charge in [0.15, 0.2) is 11.7 Å². The Hall–Kier alpha value is -6.87. The van der Waals surface area contributed by atoms with E-state index in [1.54, 1.807) is 6.20 Å². The van der Waals surface area contributed by atoms with E-state index in [1.807, 2.05) is 107 Å². The van der Waals surface area contributed by atoms with Crippen molar-refractivity contribution >= 4 is 35.5 Å². The van der Waals surface area contributed by atoms with Gasteiger partial charge in [0.25, 0.3) is 11.8 Å². The van der Waals surface area contributed by atoms with E-state index < -0.39 is 18.2 Å². The van der Waals surface area contributed by atoms with Crippen molar-refractivity contribution in [2.24, 2.45) is 16.8 Å². The molecule has 3 amide bonds. The van der Waals surface area contributed by atoms with Crippen LogP contribution in [-0.4, -0.2) is 85.3 Å². The second-order valence-corrected chi connectivity index (χ2v) is 15.9. The zero-order valence-electron chi connectivity index (χ0n) is 33.0. The fraction of sp³-hybridized carbons (Fsp3) is 0.311. The van der Waals surface area contributed by atoms with Gasteiger partial charge in [-0.1, -0.05) is 84.9 Å². The lowest BCUT2D eigenvalue weighted by molar-refractivity contribution is -0.188. The Balaban J connectivity index is 0.857. The van der Waals surface area contributed by atoms with Crippen molar-refractivity contribution in [1.29, 1.82) is 0 Å². The second kappa shape index (κ2) is 15.4. The van der Waals surface area contributed by atoms with E-state index in [4.69, 9.17) is 29.5 Å². The van der Waals surface area contributed by atoms with E-state index in [9.17, 15) is 14.4 Å². The first-order valence-corrected chi connectivity index (χ1v) is 20.2. The number of imidazole rings is 2.